The van der Waals surface area contributed by atoms with Gasteiger partial charge in [0.05, 0.1) is 0 Å². The standard InChI is InChI=1S/C7H6O2/c1-2-4-6-7(5-3-1)9-8-6/h2-5H,1H2. The van der Waals surface area contributed by atoms with E-state index >= 15 is 0 Å². The average molecular weight is 122 g/mol. The van der Waals surface area contributed by atoms with Crippen molar-refractivity contribution in [2.24, 2.45) is 0 Å². The lowest BCUT2D eigenvalue weighted by Crippen LogP contribution is -1.81. The molecular formula is C7H6O2. The van der Waals surface area contributed by atoms with Crippen LogP contribution in [0.1, 0.15) is 17.9 Å². The number of hydrogen-bond donors (Lipinski definition) is 0. The molecule has 2 rings (SSSR count). The zero-order valence-electron chi connectivity index (χ0n) is 4.83. The molecule has 1 aliphatic rings. The molecule has 2 nitrogen and oxygen atoms in total. The molecule has 0 saturated heterocycles. The maximum absolute atomic E-state index is 4.66. The first kappa shape index (κ1) is 4.68. The quantitative estimate of drug-likeness (QED) is 0.493. The van der Waals surface area contributed by atoms with Gasteiger partial charge in [-0.15, -0.1) is 0 Å². The molecule has 0 N–H and O–H groups in total. The van der Waals surface area contributed by atoms with Crippen LogP contribution in [0.25, 0.3) is 12.2 Å². The summed E-state index contributed by atoms with van der Waals surface area (Å²) in [5, 5.41) is 0. The average Bonchev–Trinajstić information content (AvgIpc) is 1.94. The smallest absolute Gasteiger partial charge is 0.225 e. The second-order valence-corrected chi connectivity index (χ2v) is 1.94. The summed E-state index contributed by atoms with van der Waals surface area (Å²) in [6.07, 6.45) is 8.85. The summed E-state index contributed by atoms with van der Waals surface area (Å²) >= 11 is 0. The maximum atomic E-state index is 4.66. The van der Waals surface area contributed by atoms with Crippen LogP contribution >= 0.6 is 0 Å². The molecule has 0 aliphatic heterocycles. The Hall–Kier alpha value is -1.18. The van der Waals surface area contributed by atoms with E-state index in [0.717, 1.165) is 17.9 Å². The molecule has 0 fully saturated rings. The van der Waals surface area contributed by atoms with Crippen molar-refractivity contribution >= 4 is 12.2 Å². The van der Waals surface area contributed by atoms with Crippen LogP contribution in [-0.4, -0.2) is 0 Å². The Bertz CT molecular complexity index is 224. The Kier molecular flexibility index (Phi) is 0.859. The van der Waals surface area contributed by atoms with Crippen LogP contribution in [0.5, 0.6) is 0 Å². The number of hydrogen-bond acceptors (Lipinski definition) is 2. The van der Waals surface area contributed by atoms with E-state index in [1.165, 1.54) is 0 Å². The molecule has 1 aromatic heterocycles. The van der Waals surface area contributed by atoms with Crippen molar-refractivity contribution in [3.8, 4) is 0 Å². The second kappa shape index (κ2) is 1.65. The zero-order chi connectivity index (χ0) is 6.10. The largest absolute Gasteiger partial charge is 0.286 e. The number of fused-ring (bicyclic) bond motifs is 1. The lowest BCUT2D eigenvalue weighted by Gasteiger charge is -1.96. The van der Waals surface area contributed by atoms with Gasteiger partial charge in [-0.25, -0.2) is 0 Å². The molecule has 0 bridgehead atoms. The highest BCUT2D eigenvalue weighted by molar-refractivity contribution is 5.59. The van der Waals surface area contributed by atoms with Crippen molar-refractivity contribution in [1.29, 1.82) is 0 Å². The van der Waals surface area contributed by atoms with Crippen LogP contribution < -0.4 is 0 Å². The topological polar surface area (TPSA) is 26.3 Å². The summed E-state index contributed by atoms with van der Waals surface area (Å²) in [6.45, 7) is 0. The summed E-state index contributed by atoms with van der Waals surface area (Å²) in [4.78, 5) is 0. The molecule has 0 unspecified atom stereocenters. The van der Waals surface area contributed by atoms with E-state index in [9.17, 15) is 0 Å². The fourth-order valence-electron chi connectivity index (χ4n) is 0.786. The van der Waals surface area contributed by atoms with Crippen LogP contribution in [0.15, 0.2) is 21.3 Å². The Morgan fingerprint density at radius 3 is 2.00 bits per heavy atom. The third-order valence-electron chi connectivity index (χ3n) is 1.27. The van der Waals surface area contributed by atoms with Gasteiger partial charge in [-0.05, 0) is 18.6 Å². The van der Waals surface area contributed by atoms with Crippen LogP contribution in [0.4, 0.5) is 0 Å². The van der Waals surface area contributed by atoms with E-state index in [1.807, 2.05) is 24.3 Å². The van der Waals surface area contributed by atoms with Gasteiger partial charge in [0, 0.05) is 0 Å². The van der Waals surface area contributed by atoms with Crippen molar-refractivity contribution < 1.29 is 9.15 Å². The van der Waals surface area contributed by atoms with Gasteiger partial charge in [-0.2, -0.15) is 0 Å². The van der Waals surface area contributed by atoms with Gasteiger partial charge < -0.3 is 0 Å². The molecule has 2 heteroatoms. The van der Waals surface area contributed by atoms with Crippen molar-refractivity contribution in [3.63, 3.8) is 0 Å². The minimum Gasteiger partial charge on any atom is -0.286 e. The molecule has 46 valence electrons. The van der Waals surface area contributed by atoms with Crippen molar-refractivity contribution in [3.05, 3.63) is 23.7 Å². The van der Waals surface area contributed by atoms with Crippen LogP contribution in [-0.2, 0) is 0 Å². The molecular weight excluding hydrogens is 116 g/mol. The van der Waals surface area contributed by atoms with E-state index in [-0.39, 0.29) is 0 Å². The Morgan fingerprint density at radius 1 is 1.00 bits per heavy atom. The van der Waals surface area contributed by atoms with Crippen LogP contribution in [0, 0.1) is 0 Å². The third-order valence-corrected chi connectivity index (χ3v) is 1.27. The monoisotopic (exact) mass is 122 g/mol. The molecule has 0 spiro atoms. The molecule has 0 aromatic carbocycles. The first-order valence-corrected chi connectivity index (χ1v) is 2.89. The summed E-state index contributed by atoms with van der Waals surface area (Å²) in [6, 6.07) is 0. The van der Waals surface area contributed by atoms with Crippen LogP contribution in [0.3, 0.4) is 0 Å². The minimum atomic E-state index is 0.837. The summed E-state index contributed by atoms with van der Waals surface area (Å²) in [5.74, 6) is 1.67. The molecule has 9 heavy (non-hydrogen) atoms. The minimum absolute atomic E-state index is 0.837. The van der Waals surface area contributed by atoms with E-state index < -0.39 is 0 Å². The molecule has 0 saturated carbocycles. The molecule has 1 heterocycles. The highest BCUT2D eigenvalue weighted by Gasteiger charge is 2.08. The maximum Gasteiger partial charge on any atom is 0.225 e. The van der Waals surface area contributed by atoms with Gasteiger partial charge in [0.15, 0.2) is 0 Å². The Balaban J connectivity index is 2.45. The van der Waals surface area contributed by atoms with Crippen molar-refractivity contribution in [2.45, 2.75) is 6.42 Å². The van der Waals surface area contributed by atoms with E-state index in [1.54, 1.807) is 0 Å². The molecule has 0 atom stereocenters. The predicted molar refractivity (Wildman–Crippen MR) is 33.7 cm³/mol. The molecule has 1 aromatic rings. The first-order chi connectivity index (χ1) is 4.47. The zero-order valence-corrected chi connectivity index (χ0v) is 4.83. The van der Waals surface area contributed by atoms with Crippen LogP contribution in [0.2, 0.25) is 0 Å². The third kappa shape index (κ3) is 0.633. The summed E-state index contributed by atoms with van der Waals surface area (Å²) < 4.78 is 9.31. The van der Waals surface area contributed by atoms with E-state index in [2.05, 4.69) is 9.15 Å². The van der Waals surface area contributed by atoms with E-state index in [0.29, 0.717) is 0 Å². The Labute approximate surface area is 52.4 Å². The molecule has 0 radical (unpaired) electrons. The fourth-order valence-corrected chi connectivity index (χ4v) is 0.786. The summed E-state index contributed by atoms with van der Waals surface area (Å²) in [5.41, 5.74) is 0. The van der Waals surface area contributed by atoms with Crippen molar-refractivity contribution in [2.75, 3.05) is 0 Å². The molecule has 1 aliphatic carbocycles. The lowest BCUT2D eigenvalue weighted by molar-refractivity contribution is -0.00684. The fraction of sp³-hybridized carbons (Fsp3) is 0.143. The summed E-state index contributed by atoms with van der Waals surface area (Å²) in [7, 11) is 0. The molecule has 0 amide bonds. The Morgan fingerprint density at radius 2 is 1.56 bits per heavy atom. The van der Waals surface area contributed by atoms with Gasteiger partial charge in [0.25, 0.3) is 0 Å². The first-order valence-electron chi connectivity index (χ1n) is 2.89. The van der Waals surface area contributed by atoms with Gasteiger partial charge in [0.1, 0.15) is 0 Å². The number of allylic oxidation sites excluding steroid dienone is 2. The lowest BCUT2D eigenvalue weighted by atomic mass is 10.3. The van der Waals surface area contributed by atoms with Gasteiger partial charge >= 0.3 is 0 Å². The number of rotatable bonds is 0. The van der Waals surface area contributed by atoms with E-state index in [4.69, 9.17) is 0 Å². The SMILES string of the molecule is C1=Cc2ooc2C=CC1. The van der Waals surface area contributed by atoms with Gasteiger partial charge in [0.2, 0.25) is 11.5 Å². The second-order valence-electron chi connectivity index (χ2n) is 1.94. The van der Waals surface area contributed by atoms with Gasteiger partial charge in [-0.3, -0.25) is 9.15 Å². The van der Waals surface area contributed by atoms with Gasteiger partial charge in [-0.1, -0.05) is 12.2 Å². The predicted octanol–water partition coefficient (Wildman–Crippen LogP) is 2.30. The van der Waals surface area contributed by atoms with Crippen molar-refractivity contribution in [1.82, 2.24) is 0 Å². The normalized spacial score (nSPS) is 15.6. The highest BCUT2D eigenvalue weighted by Crippen LogP contribution is 2.19. The highest BCUT2D eigenvalue weighted by atomic mass is 17.0.